The third kappa shape index (κ3) is 4.82. The zero-order valence-corrected chi connectivity index (χ0v) is 23.5. The lowest BCUT2D eigenvalue weighted by molar-refractivity contribution is -0.113. The zero-order chi connectivity index (χ0) is 28.5. The lowest BCUT2D eigenvalue weighted by atomic mass is 9.94. The highest BCUT2D eigenvalue weighted by atomic mass is 16.7. The molecule has 6 rings (SSSR count). The number of nitrogens with one attached hydrogen (secondary N) is 2. The summed E-state index contributed by atoms with van der Waals surface area (Å²) in [6.45, 7) is 8.16. The van der Waals surface area contributed by atoms with E-state index in [1.165, 1.54) is 0 Å². The van der Waals surface area contributed by atoms with Gasteiger partial charge >= 0.3 is 0 Å². The summed E-state index contributed by atoms with van der Waals surface area (Å²) >= 11 is 0. The van der Waals surface area contributed by atoms with Crippen LogP contribution in [0, 0.1) is 0 Å². The van der Waals surface area contributed by atoms with Crippen LogP contribution in [0.25, 0.3) is 11.4 Å². The highest BCUT2D eigenvalue weighted by molar-refractivity contribution is 6.06. The summed E-state index contributed by atoms with van der Waals surface area (Å²) in [7, 11) is 1.57. The molecule has 2 aliphatic heterocycles. The van der Waals surface area contributed by atoms with Gasteiger partial charge in [-0.1, -0.05) is 18.2 Å². The van der Waals surface area contributed by atoms with E-state index in [9.17, 15) is 4.79 Å². The van der Waals surface area contributed by atoms with Crippen LogP contribution in [0.1, 0.15) is 32.4 Å². The van der Waals surface area contributed by atoms with Gasteiger partial charge in [0.05, 0.1) is 18.4 Å². The number of rotatable bonds is 8. The van der Waals surface area contributed by atoms with Gasteiger partial charge in [0.1, 0.15) is 11.8 Å². The van der Waals surface area contributed by atoms with Crippen LogP contribution in [-0.4, -0.2) is 47.7 Å². The number of carbonyl (C=O) groups excluding carboxylic acids is 1. The number of allylic oxidation sites excluding steroid dienone is 1. The van der Waals surface area contributed by atoms with Crippen LogP contribution >= 0.6 is 0 Å². The number of methoxy groups -OCH3 is 1. The minimum Gasteiger partial charge on any atom is -0.495 e. The number of fused-ring (bicyclic) bond motifs is 2. The Morgan fingerprint density at radius 1 is 1.07 bits per heavy atom. The van der Waals surface area contributed by atoms with Crippen molar-refractivity contribution in [2.45, 2.75) is 26.8 Å². The number of anilines is 3. The molecular weight excluding hydrogens is 520 g/mol. The minimum absolute atomic E-state index is 0.156. The second-order valence-electron chi connectivity index (χ2n) is 9.76. The number of aromatic nitrogens is 3. The van der Waals surface area contributed by atoms with Gasteiger partial charge in [-0.05, 0) is 74.9 Å². The van der Waals surface area contributed by atoms with Crippen molar-refractivity contribution < 1.29 is 19.0 Å². The third-order valence-corrected chi connectivity index (χ3v) is 7.42. The van der Waals surface area contributed by atoms with E-state index in [0.717, 1.165) is 29.9 Å². The van der Waals surface area contributed by atoms with E-state index in [-0.39, 0.29) is 12.7 Å². The van der Waals surface area contributed by atoms with Gasteiger partial charge in [-0.2, -0.15) is 4.98 Å². The van der Waals surface area contributed by atoms with Crippen LogP contribution in [-0.2, 0) is 4.79 Å². The Morgan fingerprint density at radius 2 is 1.83 bits per heavy atom. The maximum Gasteiger partial charge on any atom is 0.255 e. The van der Waals surface area contributed by atoms with Crippen molar-refractivity contribution in [3.8, 4) is 28.6 Å². The molecule has 3 heterocycles. The number of ether oxygens (including phenoxy) is 3. The molecule has 0 aliphatic carbocycles. The molecule has 0 radical (unpaired) electrons. The summed E-state index contributed by atoms with van der Waals surface area (Å²) in [5.41, 5.74) is 4.58. The standard InChI is InChI=1S/C31H32N6O4/c1-5-36(6-2)22-14-11-20(12-15-22)29-34-31-32-19(3)27(30(38)33-23-9-7-8-10-24(23)39-4)28(37(31)35-29)21-13-16-25-26(17-21)41-18-40-25/h7-17,28H,5-6,18H2,1-4H3,(H,33,38)(H,32,34,35). The summed E-state index contributed by atoms with van der Waals surface area (Å²) in [6.07, 6.45) is 0. The Kier molecular flexibility index (Phi) is 6.96. The van der Waals surface area contributed by atoms with Gasteiger partial charge in [0.2, 0.25) is 12.7 Å². The lowest BCUT2D eigenvalue weighted by Crippen LogP contribution is -2.31. The quantitative estimate of drug-likeness (QED) is 0.297. The molecule has 2 N–H and O–H groups in total. The molecule has 1 aromatic heterocycles. The van der Waals surface area contributed by atoms with Crippen molar-refractivity contribution in [2.24, 2.45) is 0 Å². The van der Waals surface area contributed by atoms with Gasteiger partial charge in [-0.3, -0.25) is 4.79 Å². The smallest absolute Gasteiger partial charge is 0.255 e. The molecule has 1 amide bonds. The van der Waals surface area contributed by atoms with Gasteiger partial charge in [-0.15, -0.1) is 5.10 Å². The normalized spacial score (nSPS) is 15.3. The maximum absolute atomic E-state index is 13.9. The van der Waals surface area contributed by atoms with Crippen LogP contribution in [0.4, 0.5) is 17.3 Å². The fraction of sp³-hybridized carbons (Fsp3) is 0.258. The number of benzene rings is 3. The molecule has 0 spiro atoms. The Bertz CT molecular complexity index is 1620. The van der Waals surface area contributed by atoms with Crippen LogP contribution in [0.15, 0.2) is 78.0 Å². The van der Waals surface area contributed by atoms with Crippen molar-refractivity contribution >= 4 is 23.2 Å². The summed E-state index contributed by atoms with van der Waals surface area (Å²) in [5.74, 6) is 2.67. The van der Waals surface area contributed by atoms with Crippen LogP contribution in [0.3, 0.4) is 0 Å². The first-order chi connectivity index (χ1) is 20.0. The second kappa shape index (κ2) is 10.9. The SMILES string of the molecule is CCN(CC)c1ccc(-c2nc3n(n2)C(c2ccc4c(c2)OCO4)C(C(=O)Nc2ccccc2OC)=C(C)N3)cc1. The largest absolute Gasteiger partial charge is 0.495 e. The Labute approximate surface area is 238 Å². The molecule has 210 valence electrons. The van der Waals surface area contributed by atoms with Gasteiger partial charge in [0.15, 0.2) is 17.3 Å². The highest BCUT2D eigenvalue weighted by Gasteiger charge is 2.35. The van der Waals surface area contributed by atoms with E-state index in [4.69, 9.17) is 24.3 Å². The van der Waals surface area contributed by atoms with Crippen molar-refractivity contribution in [1.82, 2.24) is 14.8 Å². The predicted molar refractivity (Wildman–Crippen MR) is 158 cm³/mol. The van der Waals surface area contributed by atoms with E-state index >= 15 is 0 Å². The Morgan fingerprint density at radius 3 is 2.59 bits per heavy atom. The van der Waals surface area contributed by atoms with Gasteiger partial charge in [0.25, 0.3) is 5.91 Å². The summed E-state index contributed by atoms with van der Waals surface area (Å²) in [6, 6.07) is 20.6. The van der Waals surface area contributed by atoms with Crippen molar-refractivity contribution in [3.05, 3.63) is 83.6 Å². The van der Waals surface area contributed by atoms with Crippen molar-refractivity contribution in [3.63, 3.8) is 0 Å². The number of carbonyl (C=O) groups is 1. The molecule has 3 aromatic carbocycles. The number of amides is 1. The molecular formula is C31H32N6O4. The minimum atomic E-state index is -0.577. The third-order valence-electron chi connectivity index (χ3n) is 7.42. The molecule has 41 heavy (non-hydrogen) atoms. The number of hydrogen-bond acceptors (Lipinski definition) is 8. The lowest BCUT2D eigenvalue weighted by Gasteiger charge is -2.29. The molecule has 1 atom stereocenters. The fourth-order valence-electron chi connectivity index (χ4n) is 5.31. The van der Waals surface area contributed by atoms with E-state index in [1.54, 1.807) is 23.9 Å². The monoisotopic (exact) mass is 552 g/mol. The molecule has 0 fully saturated rings. The average molecular weight is 553 g/mol. The molecule has 0 bridgehead atoms. The van der Waals surface area contributed by atoms with Crippen LogP contribution < -0.4 is 29.7 Å². The van der Waals surface area contributed by atoms with Crippen molar-refractivity contribution in [1.29, 1.82) is 0 Å². The molecule has 0 saturated heterocycles. The summed E-state index contributed by atoms with van der Waals surface area (Å²) in [4.78, 5) is 21.0. The van der Waals surface area contributed by atoms with Gasteiger partial charge in [0, 0.05) is 30.0 Å². The molecule has 10 nitrogen and oxygen atoms in total. The molecule has 0 saturated carbocycles. The average Bonchev–Trinajstić information content (AvgIpc) is 3.64. The van der Waals surface area contributed by atoms with E-state index in [1.807, 2.05) is 49.4 Å². The Hall–Kier alpha value is -4.99. The molecule has 4 aromatic rings. The van der Waals surface area contributed by atoms with Crippen molar-refractivity contribution in [2.75, 3.05) is 42.5 Å². The first-order valence-corrected chi connectivity index (χ1v) is 13.6. The topological polar surface area (TPSA) is 103 Å². The number of hydrogen-bond donors (Lipinski definition) is 2. The fourth-order valence-corrected chi connectivity index (χ4v) is 5.31. The molecule has 2 aliphatic rings. The van der Waals surface area contributed by atoms with E-state index in [2.05, 4.69) is 41.5 Å². The predicted octanol–water partition coefficient (Wildman–Crippen LogP) is 5.46. The maximum atomic E-state index is 13.9. The van der Waals surface area contributed by atoms with Gasteiger partial charge in [-0.25, -0.2) is 4.68 Å². The summed E-state index contributed by atoms with van der Waals surface area (Å²) in [5, 5.41) is 11.2. The molecule has 1 unspecified atom stereocenters. The number of nitrogens with zero attached hydrogens (tertiary/aromatic N) is 4. The van der Waals surface area contributed by atoms with Gasteiger partial charge < -0.3 is 29.7 Å². The molecule has 10 heteroatoms. The van der Waals surface area contributed by atoms with Crippen LogP contribution in [0.2, 0.25) is 0 Å². The van der Waals surface area contributed by atoms with E-state index in [0.29, 0.717) is 46.0 Å². The number of para-hydroxylation sites is 2. The first-order valence-electron chi connectivity index (χ1n) is 13.6. The van der Waals surface area contributed by atoms with Crippen LogP contribution in [0.5, 0.6) is 17.2 Å². The van der Waals surface area contributed by atoms with E-state index < -0.39 is 6.04 Å². The highest BCUT2D eigenvalue weighted by Crippen LogP contribution is 2.41. The second-order valence-corrected chi connectivity index (χ2v) is 9.76. The first kappa shape index (κ1) is 26.2. The Balaban J connectivity index is 1.41. The zero-order valence-electron chi connectivity index (χ0n) is 23.5. The summed E-state index contributed by atoms with van der Waals surface area (Å²) < 4.78 is 18.4.